The third-order valence-corrected chi connectivity index (χ3v) is 11.5. The van der Waals surface area contributed by atoms with Crippen LogP contribution in [0.4, 0.5) is 0 Å². The van der Waals surface area contributed by atoms with Gasteiger partial charge in [0.1, 0.15) is 0 Å². The number of thiophene rings is 1. The first-order valence-electron chi connectivity index (χ1n) is 11.5. The number of carbonyl (C=O) groups is 3. The molecule has 174 valence electrons. The number of fused-ring (bicyclic) bond motifs is 9. The van der Waals surface area contributed by atoms with Crippen molar-refractivity contribution in [2.45, 2.75) is 48.3 Å². The van der Waals surface area contributed by atoms with Crippen LogP contribution in [0.25, 0.3) is 0 Å². The molecule has 0 spiro atoms. The van der Waals surface area contributed by atoms with Gasteiger partial charge in [-0.1, -0.05) is 23.8 Å². The van der Waals surface area contributed by atoms with Crippen molar-refractivity contribution in [1.82, 2.24) is 9.88 Å². The topological polar surface area (TPSA) is 108 Å². The van der Waals surface area contributed by atoms with E-state index in [1.165, 1.54) is 21.1 Å². The average Bonchev–Trinajstić information content (AvgIpc) is 3.57. The number of carbonyl (C=O) groups excluding carboxylic acids is 2. The number of imide groups is 1. The molecule has 3 fully saturated rings. The lowest BCUT2D eigenvalue weighted by atomic mass is 9.69. The van der Waals surface area contributed by atoms with Gasteiger partial charge in [0.05, 0.1) is 16.9 Å². The fourth-order valence-electron chi connectivity index (χ4n) is 6.81. The van der Waals surface area contributed by atoms with Crippen LogP contribution in [-0.2, 0) is 14.4 Å². The molecule has 2 aliphatic carbocycles. The van der Waals surface area contributed by atoms with Crippen molar-refractivity contribution in [2.24, 2.45) is 29.6 Å². The van der Waals surface area contributed by atoms with E-state index in [0.717, 1.165) is 16.3 Å². The minimum atomic E-state index is -0.815. The Hall–Kier alpha value is -1.91. The first-order chi connectivity index (χ1) is 16.0. The minimum Gasteiger partial charge on any atom is -0.481 e. The SMILES string of the molecule is O=C(O)CCCCCN1C(=O)C2C3CC(C2C1=O)C1C3Sc2[nH]c(=O)sc2[C@@H]1c1cccs1. The van der Waals surface area contributed by atoms with Crippen molar-refractivity contribution in [2.75, 3.05) is 6.54 Å². The van der Waals surface area contributed by atoms with Crippen molar-refractivity contribution < 1.29 is 19.5 Å². The molecule has 4 aliphatic rings. The molecule has 0 radical (unpaired) electrons. The van der Waals surface area contributed by atoms with Gasteiger partial charge in [0, 0.05) is 33.9 Å². The zero-order valence-electron chi connectivity index (χ0n) is 17.8. The molecule has 6 unspecified atom stereocenters. The summed E-state index contributed by atoms with van der Waals surface area (Å²) < 4.78 is 0. The second kappa shape index (κ2) is 8.09. The van der Waals surface area contributed by atoms with Gasteiger partial charge in [-0.25, -0.2) is 0 Å². The molecular formula is C23H24N2O5S3. The van der Waals surface area contributed by atoms with Gasteiger partial charge in [0.25, 0.3) is 0 Å². The van der Waals surface area contributed by atoms with Gasteiger partial charge in [-0.15, -0.1) is 23.1 Å². The summed E-state index contributed by atoms with van der Waals surface area (Å²) >= 11 is 4.70. The number of amides is 2. The summed E-state index contributed by atoms with van der Waals surface area (Å²) in [6.45, 7) is 0.390. The highest BCUT2D eigenvalue weighted by molar-refractivity contribution is 8.00. The molecule has 7 atom stereocenters. The highest BCUT2D eigenvalue weighted by Crippen LogP contribution is 2.68. The van der Waals surface area contributed by atoms with Gasteiger partial charge in [-0.05, 0) is 48.5 Å². The van der Waals surface area contributed by atoms with Crippen LogP contribution in [0, 0.1) is 29.6 Å². The van der Waals surface area contributed by atoms with E-state index in [9.17, 15) is 19.2 Å². The van der Waals surface area contributed by atoms with Crippen molar-refractivity contribution in [3.8, 4) is 0 Å². The number of aromatic amines is 1. The number of thioether (sulfide) groups is 1. The standard InChI is InChI=1S/C23H24N2O5S3/c26-13(27)6-2-1-3-7-25-21(28)15-10-9-11(16(15)22(25)29)18-14(10)17(12-5-4-8-31-12)19-20(32-18)24-23(30)33-19/h4-5,8,10-11,14-18H,1-3,6-7,9H2,(H,24,30)(H,26,27)/t10?,11?,14?,15?,16?,17-,18?/m1/s1. The second-order valence-electron chi connectivity index (χ2n) is 9.51. The smallest absolute Gasteiger partial charge is 0.305 e. The molecule has 2 aromatic rings. The summed E-state index contributed by atoms with van der Waals surface area (Å²) in [4.78, 5) is 56.5. The lowest BCUT2D eigenvalue weighted by molar-refractivity contribution is -0.141. The molecule has 2 saturated carbocycles. The normalized spacial score (nSPS) is 33.9. The number of thiazole rings is 1. The number of likely N-dealkylation sites (tertiary alicyclic amines) is 1. The maximum Gasteiger partial charge on any atom is 0.305 e. The highest BCUT2D eigenvalue weighted by atomic mass is 32.2. The van der Waals surface area contributed by atoms with Crippen molar-refractivity contribution in [1.29, 1.82) is 0 Å². The number of carboxylic acids is 1. The summed E-state index contributed by atoms with van der Waals surface area (Å²) in [5, 5.41) is 12.0. The van der Waals surface area contributed by atoms with Crippen LogP contribution in [0.3, 0.4) is 0 Å². The number of nitrogens with one attached hydrogen (secondary N) is 1. The molecule has 0 aromatic carbocycles. The van der Waals surface area contributed by atoms with E-state index in [2.05, 4.69) is 16.4 Å². The number of nitrogens with zero attached hydrogens (tertiary/aromatic N) is 1. The Morgan fingerprint density at radius 1 is 1.12 bits per heavy atom. The van der Waals surface area contributed by atoms with Gasteiger partial charge < -0.3 is 10.1 Å². The quantitative estimate of drug-likeness (QED) is 0.441. The van der Waals surface area contributed by atoms with Gasteiger partial charge in [0.15, 0.2) is 0 Å². The lowest BCUT2D eigenvalue weighted by Crippen LogP contribution is -2.42. The summed E-state index contributed by atoms with van der Waals surface area (Å²) in [5.41, 5.74) is 0. The lowest BCUT2D eigenvalue weighted by Gasteiger charge is -2.42. The molecular weight excluding hydrogens is 480 g/mol. The van der Waals surface area contributed by atoms with Crippen molar-refractivity contribution in [3.63, 3.8) is 0 Å². The fraction of sp³-hybridized carbons (Fsp3) is 0.565. The number of hydrogen-bond acceptors (Lipinski definition) is 7. The molecule has 7 nitrogen and oxygen atoms in total. The van der Waals surface area contributed by atoms with Crippen LogP contribution in [0.2, 0.25) is 0 Å². The molecule has 2 N–H and O–H groups in total. The zero-order chi connectivity index (χ0) is 22.9. The Morgan fingerprint density at radius 3 is 2.64 bits per heavy atom. The Morgan fingerprint density at radius 2 is 1.91 bits per heavy atom. The molecule has 2 aliphatic heterocycles. The third-order valence-electron chi connectivity index (χ3n) is 7.94. The molecule has 33 heavy (non-hydrogen) atoms. The molecule has 6 rings (SSSR count). The molecule has 4 heterocycles. The Kier molecular flexibility index (Phi) is 5.30. The van der Waals surface area contributed by atoms with E-state index in [1.54, 1.807) is 23.1 Å². The molecule has 2 aromatic heterocycles. The molecule has 2 bridgehead atoms. The Bertz CT molecular complexity index is 1170. The monoisotopic (exact) mass is 504 g/mol. The van der Waals surface area contributed by atoms with E-state index in [1.807, 2.05) is 6.07 Å². The fourth-order valence-corrected chi connectivity index (χ4v) is 10.7. The number of hydrogen-bond donors (Lipinski definition) is 2. The number of rotatable bonds is 7. The summed E-state index contributed by atoms with van der Waals surface area (Å²) in [7, 11) is 0. The average molecular weight is 505 g/mol. The van der Waals surface area contributed by atoms with E-state index < -0.39 is 5.97 Å². The summed E-state index contributed by atoms with van der Waals surface area (Å²) in [5.74, 6) is -0.695. The van der Waals surface area contributed by atoms with Gasteiger partial charge in [-0.2, -0.15) is 0 Å². The first-order valence-corrected chi connectivity index (χ1v) is 14.0. The van der Waals surface area contributed by atoms with Crippen LogP contribution in [0.5, 0.6) is 0 Å². The largest absolute Gasteiger partial charge is 0.481 e. The van der Waals surface area contributed by atoms with E-state index in [-0.39, 0.29) is 63.9 Å². The van der Waals surface area contributed by atoms with Gasteiger partial charge in [-0.3, -0.25) is 24.1 Å². The number of carboxylic acid groups (broad SMARTS) is 1. The van der Waals surface area contributed by atoms with E-state index in [0.29, 0.717) is 25.8 Å². The van der Waals surface area contributed by atoms with E-state index >= 15 is 0 Å². The third kappa shape index (κ3) is 3.28. The number of unbranched alkanes of at least 4 members (excludes halogenated alkanes) is 2. The van der Waals surface area contributed by atoms with E-state index in [4.69, 9.17) is 5.11 Å². The highest BCUT2D eigenvalue weighted by Gasteiger charge is 2.69. The number of H-pyrrole nitrogens is 1. The summed E-state index contributed by atoms with van der Waals surface area (Å²) in [6.07, 6.45) is 2.93. The van der Waals surface area contributed by atoms with Crippen LogP contribution in [-0.4, -0.2) is 44.6 Å². The molecule has 2 amide bonds. The minimum absolute atomic E-state index is 0.0304. The predicted octanol–water partition coefficient (Wildman–Crippen LogP) is 3.62. The van der Waals surface area contributed by atoms with Gasteiger partial charge >= 0.3 is 10.8 Å². The second-order valence-corrected chi connectivity index (χ2v) is 12.7. The zero-order valence-corrected chi connectivity index (χ0v) is 20.2. The first kappa shape index (κ1) is 21.6. The Labute approximate surface area is 202 Å². The van der Waals surface area contributed by atoms with Crippen LogP contribution in [0.15, 0.2) is 27.3 Å². The van der Waals surface area contributed by atoms with Crippen LogP contribution >= 0.6 is 34.4 Å². The molecule has 1 saturated heterocycles. The number of aromatic nitrogens is 1. The predicted molar refractivity (Wildman–Crippen MR) is 126 cm³/mol. The van der Waals surface area contributed by atoms with Gasteiger partial charge in [0.2, 0.25) is 11.8 Å². The summed E-state index contributed by atoms with van der Waals surface area (Å²) in [6, 6.07) is 4.17. The van der Waals surface area contributed by atoms with Crippen LogP contribution in [0.1, 0.15) is 47.8 Å². The van der Waals surface area contributed by atoms with Crippen molar-refractivity contribution >= 4 is 52.2 Å². The maximum absolute atomic E-state index is 13.4. The maximum atomic E-state index is 13.4. The number of aliphatic carboxylic acids is 1. The Balaban J connectivity index is 1.27. The molecule has 10 heteroatoms. The van der Waals surface area contributed by atoms with Crippen LogP contribution < -0.4 is 4.87 Å². The van der Waals surface area contributed by atoms with Crippen molar-refractivity contribution in [3.05, 3.63) is 36.9 Å².